The first kappa shape index (κ1) is 19.5. The number of carbonyl (C=O) groups excluding carboxylic acids is 1. The highest BCUT2D eigenvalue weighted by atomic mass is 32.2. The SMILES string of the molecule is CCc1ccc(C(C)NC(=O)CN(C2CC2)S(=O)(=O)c2cccnc2)cc1. The minimum Gasteiger partial charge on any atom is -0.348 e. The minimum absolute atomic E-state index is 0.111. The van der Waals surface area contributed by atoms with Crippen LogP contribution in [0.4, 0.5) is 0 Å². The third-order valence-electron chi connectivity index (χ3n) is 4.76. The minimum atomic E-state index is -3.73. The predicted octanol–water partition coefficient (Wildman–Crippen LogP) is 2.67. The summed E-state index contributed by atoms with van der Waals surface area (Å²) < 4.78 is 27.1. The van der Waals surface area contributed by atoms with Gasteiger partial charge in [-0.2, -0.15) is 4.31 Å². The van der Waals surface area contributed by atoms with Crippen LogP contribution in [0.15, 0.2) is 53.7 Å². The standard InChI is InChI=1S/C20H25N3O3S/c1-3-16-6-8-17(9-7-16)15(2)22-20(24)14-23(18-10-11-18)27(25,26)19-5-4-12-21-13-19/h4-9,12-13,15,18H,3,10-11,14H2,1-2H3,(H,22,24). The highest BCUT2D eigenvalue weighted by Gasteiger charge is 2.39. The molecule has 1 aromatic heterocycles. The highest BCUT2D eigenvalue weighted by molar-refractivity contribution is 7.89. The van der Waals surface area contributed by atoms with Crippen LogP contribution >= 0.6 is 0 Å². The van der Waals surface area contributed by atoms with E-state index in [9.17, 15) is 13.2 Å². The third-order valence-corrected chi connectivity index (χ3v) is 6.64. The molecule has 1 heterocycles. The number of amides is 1. The maximum absolute atomic E-state index is 12.9. The smallest absolute Gasteiger partial charge is 0.245 e. The molecule has 1 N–H and O–H groups in total. The summed E-state index contributed by atoms with van der Waals surface area (Å²) >= 11 is 0. The van der Waals surface area contributed by atoms with E-state index in [2.05, 4.69) is 17.2 Å². The largest absolute Gasteiger partial charge is 0.348 e. The molecule has 1 fully saturated rings. The predicted molar refractivity (Wildman–Crippen MR) is 104 cm³/mol. The zero-order valence-corrected chi connectivity index (χ0v) is 16.4. The molecule has 1 amide bonds. The lowest BCUT2D eigenvalue weighted by Gasteiger charge is -2.22. The second-order valence-electron chi connectivity index (χ2n) is 6.85. The van der Waals surface area contributed by atoms with E-state index in [-0.39, 0.29) is 29.4 Å². The van der Waals surface area contributed by atoms with Crippen molar-refractivity contribution in [1.82, 2.24) is 14.6 Å². The van der Waals surface area contributed by atoms with Gasteiger partial charge in [0.15, 0.2) is 0 Å². The van der Waals surface area contributed by atoms with Crippen molar-refractivity contribution >= 4 is 15.9 Å². The number of nitrogens with zero attached hydrogens (tertiary/aromatic N) is 2. The molecule has 144 valence electrons. The first-order chi connectivity index (χ1) is 12.9. The van der Waals surface area contributed by atoms with E-state index in [1.54, 1.807) is 6.07 Å². The number of rotatable bonds is 8. The Balaban J connectivity index is 1.68. The molecule has 6 nitrogen and oxygen atoms in total. The zero-order chi connectivity index (χ0) is 19.4. The van der Waals surface area contributed by atoms with Crippen LogP contribution in [0.25, 0.3) is 0 Å². The van der Waals surface area contributed by atoms with Gasteiger partial charge in [0.05, 0.1) is 12.6 Å². The molecule has 1 aliphatic carbocycles. The first-order valence-corrected chi connectivity index (χ1v) is 10.7. The topological polar surface area (TPSA) is 79.4 Å². The molecule has 7 heteroatoms. The highest BCUT2D eigenvalue weighted by Crippen LogP contribution is 2.31. The van der Waals surface area contributed by atoms with Crippen molar-refractivity contribution in [1.29, 1.82) is 0 Å². The van der Waals surface area contributed by atoms with Crippen LogP contribution in [0.2, 0.25) is 0 Å². The van der Waals surface area contributed by atoms with Crippen LogP contribution in [-0.2, 0) is 21.2 Å². The quantitative estimate of drug-likeness (QED) is 0.755. The van der Waals surface area contributed by atoms with E-state index < -0.39 is 10.0 Å². The van der Waals surface area contributed by atoms with E-state index in [0.29, 0.717) is 0 Å². The molecule has 2 aromatic rings. The van der Waals surface area contributed by atoms with Crippen LogP contribution in [-0.4, -0.2) is 36.2 Å². The molecule has 1 aromatic carbocycles. The van der Waals surface area contributed by atoms with Crippen molar-refractivity contribution in [3.8, 4) is 0 Å². The molecule has 0 aliphatic heterocycles. The maximum atomic E-state index is 12.9. The zero-order valence-electron chi connectivity index (χ0n) is 15.6. The number of aryl methyl sites for hydroxylation is 1. The van der Waals surface area contributed by atoms with Crippen LogP contribution in [0, 0.1) is 0 Å². The summed E-state index contributed by atoms with van der Waals surface area (Å²) in [4.78, 5) is 16.5. The number of benzene rings is 1. The van der Waals surface area contributed by atoms with Crippen molar-refractivity contribution in [2.45, 2.75) is 50.1 Å². The molecule has 0 saturated heterocycles. The second-order valence-corrected chi connectivity index (χ2v) is 8.75. The molecule has 1 aliphatic rings. The van der Waals surface area contributed by atoms with Gasteiger partial charge in [-0.1, -0.05) is 31.2 Å². The number of nitrogens with one attached hydrogen (secondary N) is 1. The fourth-order valence-corrected chi connectivity index (χ4v) is 4.57. The molecule has 0 radical (unpaired) electrons. The molecule has 0 spiro atoms. The van der Waals surface area contributed by atoms with Gasteiger partial charge >= 0.3 is 0 Å². The summed E-state index contributed by atoms with van der Waals surface area (Å²) in [6, 6.07) is 10.9. The first-order valence-electron chi connectivity index (χ1n) is 9.22. The maximum Gasteiger partial charge on any atom is 0.245 e. The molecule has 1 atom stereocenters. The number of carbonyl (C=O) groups is 1. The third kappa shape index (κ3) is 4.73. The molecule has 0 bridgehead atoms. The number of sulfonamides is 1. The Hall–Kier alpha value is -2.25. The summed E-state index contributed by atoms with van der Waals surface area (Å²) in [7, 11) is -3.73. The van der Waals surface area contributed by atoms with E-state index in [1.165, 1.54) is 28.3 Å². The van der Waals surface area contributed by atoms with Crippen LogP contribution in [0.1, 0.15) is 43.9 Å². The molecular formula is C20H25N3O3S. The van der Waals surface area contributed by atoms with Crippen LogP contribution < -0.4 is 5.32 Å². The Labute approximate surface area is 160 Å². The van der Waals surface area contributed by atoms with Gasteiger partial charge < -0.3 is 5.32 Å². The van der Waals surface area contributed by atoms with Gasteiger partial charge in [-0.3, -0.25) is 9.78 Å². The van der Waals surface area contributed by atoms with E-state index in [1.807, 2.05) is 31.2 Å². The fraction of sp³-hybridized carbons (Fsp3) is 0.400. The Morgan fingerprint density at radius 1 is 1.26 bits per heavy atom. The number of hydrogen-bond donors (Lipinski definition) is 1. The van der Waals surface area contributed by atoms with Crippen molar-refractivity contribution in [3.63, 3.8) is 0 Å². The van der Waals surface area contributed by atoms with E-state index in [0.717, 1.165) is 24.8 Å². The van der Waals surface area contributed by atoms with Crippen molar-refractivity contribution in [2.24, 2.45) is 0 Å². The average molecular weight is 388 g/mol. The van der Waals surface area contributed by atoms with Gasteiger partial charge in [-0.15, -0.1) is 0 Å². The van der Waals surface area contributed by atoms with Gasteiger partial charge in [0.1, 0.15) is 4.90 Å². The molecule has 1 unspecified atom stereocenters. The van der Waals surface area contributed by atoms with Crippen LogP contribution in [0.5, 0.6) is 0 Å². The summed E-state index contributed by atoms with van der Waals surface area (Å²) in [5.41, 5.74) is 2.23. The summed E-state index contributed by atoms with van der Waals surface area (Å²) in [5.74, 6) is -0.304. The molecule has 1 saturated carbocycles. The van der Waals surface area contributed by atoms with E-state index in [4.69, 9.17) is 0 Å². The number of pyridine rings is 1. The summed E-state index contributed by atoms with van der Waals surface area (Å²) in [6.45, 7) is 3.81. The van der Waals surface area contributed by atoms with Gasteiger partial charge in [-0.25, -0.2) is 8.42 Å². The Morgan fingerprint density at radius 3 is 2.52 bits per heavy atom. The lowest BCUT2D eigenvalue weighted by Crippen LogP contribution is -2.42. The Bertz CT molecular complexity index is 878. The number of aromatic nitrogens is 1. The van der Waals surface area contributed by atoms with Crippen LogP contribution in [0.3, 0.4) is 0 Å². The van der Waals surface area contributed by atoms with E-state index >= 15 is 0 Å². The molecule has 3 rings (SSSR count). The second kappa shape index (κ2) is 8.19. The normalized spacial score (nSPS) is 15.5. The summed E-state index contributed by atoms with van der Waals surface area (Å²) in [5, 5.41) is 2.91. The molecular weight excluding hydrogens is 362 g/mol. The van der Waals surface area contributed by atoms with Gasteiger partial charge in [-0.05, 0) is 49.4 Å². The average Bonchev–Trinajstić information content (AvgIpc) is 3.51. The number of hydrogen-bond acceptors (Lipinski definition) is 4. The van der Waals surface area contributed by atoms with Gasteiger partial charge in [0.2, 0.25) is 15.9 Å². The van der Waals surface area contributed by atoms with Crippen molar-refractivity contribution < 1.29 is 13.2 Å². The van der Waals surface area contributed by atoms with Gasteiger partial charge in [0, 0.05) is 18.4 Å². The van der Waals surface area contributed by atoms with Crippen molar-refractivity contribution in [2.75, 3.05) is 6.54 Å². The van der Waals surface area contributed by atoms with Gasteiger partial charge in [0.25, 0.3) is 0 Å². The molecule has 27 heavy (non-hydrogen) atoms. The lowest BCUT2D eigenvalue weighted by molar-refractivity contribution is -0.122. The fourth-order valence-electron chi connectivity index (χ4n) is 2.96. The van der Waals surface area contributed by atoms with Crippen molar-refractivity contribution in [3.05, 3.63) is 59.9 Å². The monoisotopic (exact) mass is 387 g/mol. The summed E-state index contributed by atoms with van der Waals surface area (Å²) in [6.07, 6.45) is 5.37. The Morgan fingerprint density at radius 2 is 1.96 bits per heavy atom. The lowest BCUT2D eigenvalue weighted by atomic mass is 10.1. The Kier molecular flexibility index (Phi) is 5.92.